The van der Waals surface area contributed by atoms with E-state index in [4.69, 9.17) is 18.7 Å². The van der Waals surface area contributed by atoms with Crippen molar-refractivity contribution in [3.05, 3.63) is 0 Å². The fourth-order valence-corrected chi connectivity index (χ4v) is 2.59. The fraction of sp³-hybridized carbons (Fsp3) is 0.900. The standard InChI is InChI=1S/C6H16O3Si.C4H9N/c1-5-6-10(7-2,8-3)9-4;1-4(2)3-5/h5-6H2,1-4H3;3-5H,1-2H3. The van der Waals surface area contributed by atoms with Crippen molar-refractivity contribution in [1.29, 1.82) is 5.41 Å². The highest BCUT2D eigenvalue weighted by Gasteiger charge is 2.36. The van der Waals surface area contributed by atoms with Gasteiger partial charge in [0.2, 0.25) is 0 Å². The first-order valence-electron chi connectivity index (χ1n) is 5.17. The first-order valence-corrected chi connectivity index (χ1v) is 7.11. The van der Waals surface area contributed by atoms with Crippen LogP contribution in [0.4, 0.5) is 0 Å². The van der Waals surface area contributed by atoms with Gasteiger partial charge in [-0.3, -0.25) is 0 Å². The molecule has 0 saturated heterocycles. The molecule has 0 saturated carbocycles. The molecule has 0 aromatic heterocycles. The molecule has 0 atom stereocenters. The summed E-state index contributed by atoms with van der Waals surface area (Å²) in [5.41, 5.74) is 0. The number of rotatable bonds is 6. The molecule has 0 radical (unpaired) electrons. The molecule has 0 bridgehead atoms. The number of hydrogen-bond donors (Lipinski definition) is 1. The summed E-state index contributed by atoms with van der Waals surface area (Å²) in [5.74, 6) is 0.426. The molecular weight excluding hydrogens is 210 g/mol. The second kappa shape index (κ2) is 10.3. The lowest BCUT2D eigenvalue weighted by Crippen LogP contribution is -2.42. The van der Waals surface area contributed by atoms with Crippen LogP contribution in [0.5, 0.6) is 0 Å². The molecule has 0 aliphatic heterocycles. The van der Waals surface area contributed by atoms with E-state index < -0.39 is 8.80 Å². The van der Waals surface area contributed by atoms with Crippen LogP contribution < -0.4 is 0 Å². The van der Waals surface area contributed by atoms with Crippen LogP contribution in [0, 0.1) is 11.3 Å². The van der Waals surface area contributed by atoms with Gasteiger partial charge in [0.25, 0.3) is 0 Å². The van der Waals surface area contributed by atoms with Crippen molar-refractivity contribution < 1.29 is 13.3 Å². The predicted molar refractivity (Wildman–Crippen MR) is 65.5 cm³/mol. The Balaban J connectivity index is 0. The molecule has 0 heterocycles. The van der Waals surface area contributed by atoms with Gasteiger partial charge in [-0.05, 0) is 12.1 Å². The van der Waals surface area contributed by atoms with E-state index in [9.17, 15) is 0 Å². The van der Waals surface area contributed by atoms with E-state index in [1.54, 1.807) is 21.3 Å². The highest BCUT2D eigenvalue weighted by molar-refractivity contribution is 6.60. The van der Waals surface area contributed by atoms with E-state index in [1.807, 2.05) is 13.8 Å². The molecule has 0 aromatic rings. The Kier molecular flexibility index (Phi) is 11.8. The monoisotopic (exact) mass is 235 g/mol. The maximum Gasteiger partial charge on any atom is 0.500 e. The molecule has 0 amide bonds. The van der Waals surface area contributed by atoms with Crippen molar-refractivity contribution in [3.63, 3.8) is 0 Å². The summed E-state index contributed by atoms with van der Waals surface area (Å²) in [7, 11) is 2.68. The molecule has 0 rings (SSSR count). The lowest BCUT2D eigenvalue weighted by molar-refractivity contribution is 0.123. The first kappa shape index (κ1) is 17.2. The van der Waals surface area contributed by atoms with E-state index in [2.05, 4.69) is 6.92 Å². The van der Waals surface area contributed by atoms with Gasteiger partial charge in [0.1, 0.15) is 0 Å². The summed E-state index contributed by atoms with van der Waals surface area (Å²) in [6, 6.07) is 0.885. The highest BCUT2D eigenvalue weighted by Crippen LogP contribution is 2.13. The molecule has 4 nitrogen and oxygen atoms in total. The Hall–Kier alpha value is -0.233. The molecule has 0 aromatic carbocycles. The van der Waals surface area contributed by atoms with Crippen LogP contribution in [0.15, 0.2) is 0 Å². The van der Waals surface area contributed by atoms with Crippen LogP contribution in [0.1, 0.15) is 27.2 Å². The Morgan fingerprint density at radius 1 is 1.13 bits per heavy atom. The molecule has 15 heavy (non-hydrogen) atoms. The SMILES string of the molecule is CC(C)C=N.CCC[Si](OC)(OC)OC. The highest BCUT2D eigenvalue weighted by atomic mass is 28.4. The zero-order valence-corrected chi connectivity index (χ0v) is 11.8. The van der Waals surface area contributed by atoms with Gasteiger partial charge in [-0.1, -0.05) is 27.2 Å². The second-order valence-corrected chi connectivity index (χ2v) is 6.55. The van der Waals surface area contributed by atoms with Crippen LogP contribution >= 0.6 is 0 Å². The Bertz CT molecular complexity index is 141. The number of hydrogen-bond acceptors (Lipinski definition) is 4. The molecule has 5 heteroatoms. The summed E-state index contributed by atoms with van der Waals surface area (Å²) >= 11 is 0. The van der Waals surface area contributed by atoms with E-state index in [-0.39, 0.29) is 0 Å². The van der Waals surface area contributed by atoms with Crippen LogP contribution in [-0.2, 0) is 13.3 Å². The van der Waals surface area contributed by atoms with Crippen molar-refractivity contribution in [1.82, 2.24) is 0 Å². The lowest BCUT2D eigenvalue weighted by Gasteiger charge is -2.23. The molecule has 0 unspecified atom stereocenters. The van der Waals surface area contributed by atoms with Gasteiger partial charge < -0.3 is 18.7 Å². The van der Waals surface area contributed by atoms with Crippen LogP contribution in [0.3, 0.4) is 0 Å². The smallest absolute Gasteiger partial charge is 0.377 e. The minimum atomic E-state index is -2.22. The average Bonchev–Trinajstić information content (AvgIpc) is 2.27. The summed E-state index contributed by atoms with van der Waals surface area (Å²) in [6.45, 7) is 6.04. The largest absolute Gasteiger partial charge is 0.500 e. The zero-order valence-electron chi connectivity index (χ0n) is 10.8. The van der Waals surface area contributed by atoms with E-state index in [0.29, 0.717) is 5.92 Å². The van der Waals surface area contributed by atoms with Crippen molar-refractivity contribution in [2.75, 3.05) is 21.3 Å². The zero-order chi connectivity index (χ0) is 12.3. The maximum atomic E-state index is 6.53. The van der Waals surface area contributed by atoms with Crippen molar-refractivity contribution >= 4 is 15.0 Å². The molecular formula is C10H25NO3Si. The van der Waals surface area contributed by atoms with Crippen molar-refractivity contribution in [2.24, 2.45) is 5.92 Å². The van der Waals surface area contributed by atoms with E-state index in [0.717, 1.165) is 12.5 Å². The van der Waals surface area contributed by atoms with Gasteiger partial charge in [-0.15, -0.1) is 0 Å². The average molecular weight is 235 g/mol. The van der Waals surface area contributed by atoms with Crippen molar-refractivity contribution in [2.45, 2.75) is 33.2 Å². The normalized spacial score (nSPS) is 10.9. The minimum absolute atomic E-state index is 0.426. The molecule has 1 N–H and O–H groups in total. The quantitative estimate of drug-likeness (QED) is 0.568. The van der Waals surface area contributed by atoms with E-state index >= 15 is 0 Å². The minimum Gasteiger partial charge on any atom is -0.377 e. The van der Waals surface area contributed by atoms with Gasteiger partial charge in [0, 0.05) is 27.4 Å². The summed E-state index contributed by atoms with van der Waals surface area (Å²) in [4.78, 5) is 0. The fourth-order valence-electron chi connectivity index (χ4n) is 0.862. The molecule has 0 spiro atoms. The van der Waals surface area contributed by atoms with Gasteiger partial charge in [0.05, 0.1) is 0 Å². The van der Waals surface area contributed by atoms with Crippen LogP contribution in [-0.4, -0.2) is 36.3 Å². The summed E-state index contributed by atoms with van der Waals surface area (Å²) in [6.07, 6.45) is 2.45. The summed E-state index contributed by atoms with van der Waals surface area (Å²) < 4.78 is 15.5. The van der Waals surface area contributed by atoms with E-state index in [1.165, 1.54) is 6.21 Å². The topological polar surface area (TPSA) is 51.5 Å². The Morgan fingerprint density at radius 3 is 1.53 bits per heavy atom. The molecule has 0 fully saturated rings. The van der Waals surface area contributed by atoms with Gasteiger partial charge >= 0.3 is 8.80 Å². The molecule has 0 aliphatic rings. The third kappa shape index (κ3) is 8.74. The third-order valence-corrected chi connectivity index (χ3v) is 4.80. The van der Waals surface area contributed by atoms with Crippen molar-refractivity contribution in [3.8, 4) is 0 Å². The van der Waals surface area contributed by atoms with Gasteiger partial charge in [-0.2, -0.15) is 0 Å². The Morgan fingerprint density at radius 2 is 1.47 bits per heavy atom. The van der Waals surface area contributed by atoms with Crippen LogP contribution in [0.25, 0.3) is 0 Å². The second-order valence-electron chi connectivity index (χ2n) is 3.46. The third-order valence-electron chi connectivity index (χ3n) is 1.82. The predicted octanol–water partition coefficient (Wildman–Crippen LogP) is 2.57. The summed E-state index contributed by atoms with van der Waals surface area (Å²) in [5, 5.41) is 6.53. The van der Waals surface area contributed by atoms with Gasteiger partial charge in [-0.25, -0.2) is 0 Å². The lowest BCUT2D eigenvalue weighted by atomic mass is 10.3. The maximum absolute atomic E-state index is 6.53. The molecule has 92 valence electrons. The number of nitrogens with one attached hydrogen (secondary N) is 1. The Labute approximate surface area is 94.8 Å². The first-order chi connectivity index (χ1) is 7.01. The van der Waals surface area contributed by atoms with Crippen LogP contribution in [0.2, 0.25) is 6.04 Å². The van der Waals surface area contributed by atoms with Gasteiger partial charge in [0.15, 0.2) is 0 Å². The molecule has 0 aliphatic carbocycles.